The van der Waals surface area contributed by atoms with Crippen LogP contribution in [0.15, 0.2) is 6.20 Å². The van der Waals surface area contributed by atoms with Gasteiger partial charge >= 0.3 is 0 Å². The Morgan fingerprint density at radius 2 is 2.00 bits per heavy atom. The molecule has 1 saturated heterocycles. The fourth-order valence-electron chi connectivity index (χ4n) is 2.89. The first-order chi connectivity index (χ1) is 9.58. The normalized spacial score (nSPS) is 17.6. The molecule has 1 N–H and O–H groups in total. The monoisotopic (exact) mass is 279 g/mol. The summed E-state index contributed by atoms with van der Waals surface area (Å²) in [7, 11) is 8.36. The van der Waals surface area contributed by atoms with Gasteiger partial charge in [0.05, 0.1) is 11.9 Å². The van der Waals surface area contributed by atoms with Crippen LogP contribution in [0.5, 0.6) is 0 Å². The highest BCUT2D eigenvalue weighted by Crippen LogP contribution is 2.18. The average Bonchev–Trinajstić information content (AvgIpc) is 2.78. The minimum Gasteiger partial charge on any atom is -0.348 e. The van der Waals surface area contributed by atoms with Crippen molar-refractivity contribution in [2.45, 2.75) is 25.8 Å². The second-order valence-electron chi connectivity index (χ2n) is 6.22. The SMILES string of the molecule is CN1CCC(CCNCc2cnc(N(C)C)n2C)CC1. The van der Waals surface area contributed by atoms with E-state index in [4.69, 9.17) is 0 Å². The Hall–Kier alpha value is -1.07. The summed E-state index contributed by atoms with van der Waals surface area (Å²) in [4.78, 5) is 8.91. The molecule has 0 radical (unpaired) electrons. The van der Waals surface area contributed by atoms with Crippen LogP contribution >= 0.6 is 0 Å². The molecule has 2 heterocycles. The molecule has 1 aromatic rings. The van der Waals surface area contributed by atoms with Crippen molar-refractivity contribution >= 4 is 5.95 Å². The average molecular weight is 279 g/mol. The third-order valence-electron chi connectivity index (χ3n) is 4.33. The topological polar surface area (TPSA) is 36.3 Å². The summed E-state index contributed by atoms with van der Waals surface area (Å²) in [5.41, 5.74) is 1.25. The van der Waals surface area contributed by atoms with Gasteiger partial charge in [-0.25, -0.2) is 4.98 Å². The van der Waals surface area contributed by atoms with Crippen LogP contribution in [0, 0.1) is 5.92 Å². The van der Waals surface area contributed by atoms with Crippen molar-refractivity contribution in [1.82, 2.24) is 19.8 Å². The van der Waals surface area contributed by atoms with E-state index in [2.05, 4.69) is 33.9 Å². The van der Waals surface area contributed by atoms with Crippen LogP contribution in [0.1, 0.15) is 25.0 Å². The van der Waals surface area contributed by atoms with E-state index in [-0.39, 0.29) is 0 Å². The summed E-state index contributed by atoms with van der Waals surface area (Å²) < 4.78 is 2.16. The van der Waals surface area contributed by atoms with Crippen LogP contribution in [0.3, 0.4) is 0 Å². The van der Waals surface area contributed by atoms with Gasteiger partial charge in [-0.3, -0.25) is 0 Å². The molecule has 5 nitrogen and oxygen atoms in total. The van der Waals surface area contributed by atoms with Crippen LogP contribution in [-0.2, 0) is 13.6 Å². The standard InChI is InChI=1S/C15H29N5/c1-18(2)15-17-12-14(20(15)4)11-16-8-5-13-6-9-19(3)10-7-13/h12-13,16H,5-11H2,1-4H3. The minimum absolute atomic E-state index is 0.905. The fraction of sp³-hybridized carbons (Fsp3) is 0.800. The molecule has 2 rings (SSSR count). The van der Waals surface area contributed by atoms with Gasteiger partial charge < -0.3 is 19.7 Å². The number of anilines is 1. The molecule has 1 aliphatic rings. The summed E-state index contributed by atoms with van der Waals surface area (Å²) >= 11 is 0. The van der Waals surface area contributed by atoms with Gasteiger partial charge in [-0.2, -0.15) is 0 Å². The Kier molecular flexibility index (Phi) is 5.43. The maximum Gasteiger partial charge on any atom is 0.204 e. The Labute approximate surface area is 123 Å². The van der Waals surface area contributed by atoms with Crippen LogP contribution < -0.4 is 10.2 Å². The highest BCUT2D eigenvalue weighted by molar-refractivity contribution is 5.30. The lowest BCUT2D eigenvalue weighted by Gasteiger charge is -2.28. The number of rotatable bonds is 6. The zero-order chi connectivity index (χ0) is 14.5. The molecule has 0 bridgehead atoms. The minimum atomic E-state index is 0.905. The molecule has 114 valence electrons. The molecule has 5 heteroatoms. The molecule has 0 aliphatic carbocycles. The molecule has 0 saturated carbocycles. The number of aromatic nitrogens is 2. The molecule has 1 aliphatic heterocycles. The molecule has 0 aromatic carbocycles. The van der Waals surface area contributed by atoms with Gasteiger partial charge in [0, 0.05) is 27.7 Å². The summed E-state index contributed by atoms with van der Waals surface area (Å²) in [5.74, 6) is 1.92. The van der Waals surface area contributed by atoms with Crippen LogP contribution in [0.25, 0.3) is 0 Å². The molecular formula is C15H29N5. The zero-order valence-corrected chi connectivity index (χ0v) is 13.4. The van der Waals surface area contributed by atoms with Gasteiger partial charge in [0.2, 0.25) is 5.95 Å². The van der Waals surface area contributed by atoms with Gasteiger partial charge in [0.1, 0.15) is 0 Å². The Morgan fingerprint density at radius 1 is 1.30 bits per heavy atom. The maximum absolute atomic E-state index is 4.44. The third-order valence-corrected chi connectivity index (χ3v) is 4.33. The van der Waals surface area contributed by atoms with E-state index < -0.39 is 0 Å². The number of nitrogens with one attached hydrogen (secondary N) is 1. The van der Waals surface area contributed by atoms with Crippen LogP contribution in [0.4, 0.5) is 5.95 Å². The van der Waals surface area contributed by atoms with E-state index in [1.54, 1.807) is 0 Å². The maximum atomic E-state index is 4.44. The van der Waals surface area contributed by atoms with Crippen molar-refractivity contribution in [3.05, 3.63) is 11.9 Å². The Balaban J connectivity index is 1.68. The first kappa shape index (κ1) is 15.3. The third kappa shape index (κ3) is 3.96. The van der Waals surface area contributed by atoms with E-state index in [1.165, 1.54) is 38.0 Å². The quantitative estimate of drug-likeness (QED) is 0.797. The van der Waals surface area contributed by atoms with E-state index in [9.17, 15) is 0 Å². The lowest BCUT2D eigenvalue weighted by molar-refractivity contribution is 0.211. The lowest BCUT2D eigenvalue weighted by atomic mass is 9.94. The number of hydrogen-bond donors (Lipinski definition) is 1. The number of hydrogen-bond acceptors (Lipinski definition) is 4. The first-order valence-electron chi connectivity index (χ1n) is 7.65. The predicted molar refractivity (Wildman–Crippen MR) is 84.1 cm³/mol. The van der Waals surface area contributed by atoms with Crippen LogP contribution in [0.2, 0.25) is 0 Å². The van der Waals surface area contributed by atoms with Crippen molar-refractivity contribution in [3.8, 4) is 0 Å². The largest absolute Gasteiger partial charge is 0.348 e. The molecule has 0 unspecified atom stereocenters. The zero-order valence-electron chi connectivity index (χ0n) is 13.4. The molecular weight excluding hydrogens is 250 g/mol. The molecule has 1 fully saturated rings. The van der Waals surface area contributed by atoms with E-state index in [0.717, 1.165) is 25.0 Å². The Morgan fingerprint density at radius 3 is 2.60 bits per heavy atom. The predicted octanol–water partition coefficient (Wildman–Crippen LogP) is 1.31. The fourth-order valence-corrected chi connectivity index (χ4v) is 2.89. The second-order valence-corrected chi connectivity index (χ2v) is 6.22. The van der Waals surface area contributed by atoms with Gasteiger partial charge in [0.15, 0.2) is 0 Å². The number of nitrogens with zero attached hydrogens (tertiary/aromatic N) is 4. The van der Waals surface area contributed by atoms with E-state index in [0.29, 0.717) is 0 Å². The van der Waals surface area contributed by atoms with E-state index >= 15 is 0 Å². The lowest BCUT2D eigenvalue weighted by Crippen LogP contribution is -2.31. The van der Waals surface area contributed by atoms with Crippen molar-refractivity contribution in [2.75, 3.05) is 45.7 Å². The Bertz CT molecular complexity index is 404. The van der Waals surface area contributed by atoms with Crippen molar-refractivity contribution in [3.63, 3.8) is 0 Å². The number of piperidine rings is 1. The van der Waals surface area contributed by atoms with Gasteiger partial charge in [-0.15, -0.1) is 0 Å². The molecule has 0 atom stereocenters. The molecule has 20 heavy (non-hydrogen) atoms. The van der Waals surface area contributed by atoms with E-state index in [1.807, 2.05) is 25.2 Å². The van der Waals surface area contributed by atoms with Gasteiger partial charge in [-0.1, -0.05) is 0 Å². The van der Waals surface area contributed by atoms with Gasteiger partial charge in [0.25, 0.3) is 0 Å². The second kappa shape index (κ2) is 7.09. The summed E-state index contributed by atoms with van der Waals surface area (Å²) in [6.07, 6.45) is 5.98. The smallest absolute Gasteiger partial charge is 0.204 e. The van der Waals surface area contributed by atoms with Crippen molar-refractivity contribution in [1.29, 1.82) is 0 Å². The van der Waals surface area contributed by atoms with Crippen molar-refractivity contribution in [2.24, 2.45) is 13.0 Å². The number of imidazole rings is 1. The van der Waals surface area contributed by atoms with Crippen molar-refractivity contribution < 1.29 is 0 Å². The van der Waals surface area contributed by atoms with Gasteiger partial charge in [-0.05, 0) is 51.9 Å². The summed E-state index contributed by atoms with van der Waals surface area (Å²) in [6, 6.07) is 0. The molecule has 1 aromatic heterocycles. The summed E-state index contributed by atoms with van der Waals surface area (Å²) in [6.45, 7) is 4.54. The highest BCUT2D eigenvalue weighted by atomic mass is 15.3. The molecule has 0 amide bonds. The molecule has 0 spiro atoms. The first-order valence-corrected chi connectivity index (χ1v) is 7.65. The number of likely N-dealkylation sites (tertiary alicyclic amines) is 1. The highest BCUT2D eigenvalue weighted by Gasteiger charge is 2.16. The summed E-state index contributed by atoms with van der Waals surface area (Å²) in [5, 5.41) is 3.56. The van der Waals surface area contributed by atoms with Crippen LogP contribution in [-0.4, -0.2) is 55.2 Å².